The van der Waals surface area contributed by atoms with Crippen molar-refractivity contribution in [3.05, 3.63) is 0 Å². The van der Waals surface area contributed by atoms with Crippen LogP contribution in [0.2, 0.25) is 0 Å². The van der Waals surface area contributed by atoms with Crippen LogP contribution in [0.5, 0.6) is 0 Å². The van der Waals surface area contributed by atoms with E-state index >= 15 is 0 Å². The number of hydrogen-bond donors (Lipinski definition) is 0. The van der Waals surface area contributed by atoms with Gasteiger partial charge in [-0.1, -0.05) is 13.8 Å². The minimum atomic E-state index is 0.742. The highest BCUT2D eigenvalue weighted by atomic mass is 16.5. The van der Waals surface area contributed by atoms with Gasteiger partial charge in [0.05, 0.1) is 13.2 Å². The topological polar surface area (TPSA) is 12.5 Å². The summed E-state index contributed by atoms with van der Waals surface area (Å²) in [7, 11) is 0. The van der Waals surface area contributed by atoms with Crippen molar-refractivity contribution < 1.29 is 4.74 Å². The Hall–Kier alpha value is -0.0800. The first-order valence-electron chi connectivity index (χ1n) is 5.12. The molecule has 2 fully saturated rings. The molecule has 0 N–H and O–H groups in total. The van der Waals surface area contributed by atoms with Crippen molar-refractivity contribution in [1.29, 1.82) is 0 Å². The molecule has 0 aliphatic carbocycles. The number of hydrogen-bond acceptors (Lipinski definition) is 2. The summed E-state index contributed by atoms with van der Waals surface area (Å²) in [6.45, 7) is 7.75. The molecule has 2 heterocycles. The molecule has 0 aromatic rings. The average molecular weight is 169 g/mol. The SMILES string of the molecule is CC(C)C1CCC2COCCN21. The van der Waals surface area contributed by atoms with Crippen LogP contribution in [0.4, 0.5) is 0 Å². The molecule has 0 aromatic heterocycles. The number of ether oxygens (including phenoxy) is 1. The van der Waals surface area contributed by atoms with Gasteiger partial charge in [0.2, 0.25) is 0 Å². The molecule has 0 bridgehead atoms. The van der Waals surface area contributed by atoms with Crippen LogP contribution in [0.1, 0.15) is 26.7 Å². The van der Waals surface area contributed by atoms with Gasteiger partial charge in [-0.2, -0.15) is 0 Å². The Labute approximate surface area is 74.9 Å². The molecule has 2 heteroatoms. The third-order valence-corrected chi connectivity index (χ3v) is 3.26. The van der Waals surface area contributed by atoms with E-state index in [1.54, 1.807) is 0 Å². The van der Waals surface area contributed by atoms with Crippen molar-refractivity contribution in [3.63, 3.8) is 0 Å². The van der Waals surface area contributed by atoms with Crippen molar-refractivity contribution in [1.82, 2.24) is 4.90 Å². The normalized spacial score (nSPS) is 37.2. The van der Waals surface area contributed by atoms with Crippen LogP contribution in [0.15, 0.2) is 0 Å². The molecule has 2 rings (SSSR count). The predicted molar refractivity (Wildman–Crippen MR) is 49.2 cm³/mol. The third-order valence-electron chi connectivity index (χ3n) is 3.26. The first kappa shape index (κ1) is 8.52. The van der Waals surface area contributed by atoms with Crippen LogP contribution in [-0.4, -0.2) is 36.7 Å². The first-order chi connectivity index (χ1) is 5.79. The van der Waals surface area contributed by atoms with E-state index in [0.29, 0.717) is 0 Å². The fourth-order valence-electron chi connectivity index (χ4n) is 2.60. The summed E-state index contributed by atoms with van der Waals surface area (Å²) in [6, 6.07) is 1.57. The first-order valence-corrected chi connectivity index (χ1v) is 5.12. The Kier molecular flexibility index (Phi) is 2.37. The monoisotopic (exact) mass is 169 g/mol. The highest BCUT2D eigenvalue weighted by Gasteiger charge is 2.36. The van der Waals surface area contributed by atoms with E-state index in [0.717, 1.165) is 37.8 Å². The summed E-state index contributed by atoms with van der Waals surface area (Å²) < 4.78 is 5.47. The lowest BCUT2D eigenvalue weighted by molar-refractivity contribution is -0.00968. The fraction of sp³-hybridized carbons (Fsp3) is 1.00. The minimum absolute atomic E-state index is 0.742. The Morgan fingerprint density at radius 2 is 2.17 bits per heavy atom. The summed E-state index contributed by atoms with van der Waals surface area (Å²) >= 11 is 0. The maximum atomic E-state index is 5.47. The van der Waals surface area contributed by atoms with Crippen molar-refractivity contribution >= 4 is 0 Å². The van der Waals surface area contributed by atoms with Gasteiger partial charge in [0.1, 0.15) is 0 Å². The van der Waals surface area contributed by atoms with E-state index in [9.17, 15) is 0 Å². The standard InChI is InChI=1S/C10H19NO/c1-8(2)10-4-3-9-7-12-6-5-11(9)10/h8-10H,3-7H2,1-2H3. The summed E-state index contributed by atoms with van der Waals surface area (Å²) in [5.41, 5.74) is 0. The zero-order valence-electron chi connectivity index (χ0n) is 8.12. The number of nitrogens with zero attached hydrogens (tertiary/aromatic N) is 1. The smallest absolute Gasteiger partial charge is 0.0622 e. The van der Waals surface area contributed by atoms with Crippen molar-refractivity contribution in [2.45, 2.75) is 38.8 Å². The summed E-state index contributed by atoms with van der Waals surface area (Å²) in [5, 5.41) is 0. The highest BCUT2D eigenvalue weighted by Crippen LogP contribution is 2.30. The maximum Gasteiger partial charge on any atom is 0.0622 e. The molecular formula is C10H19NO. The number of fused-ring (bicyclic) bond motifs is 1. The van der Waals surface area contributed by atoms with Gasteiger partial charge in [0.25, 0.3) is 0 Å². The molecule has 70 valence electrons. The highest BCUT2D eigenvalue weighted by molar-refractivity contribution is 4.90. The summed E-state index contributed by atoms with van der Waals surface area (Å²) in [5.74, 6) is 0.813. The van der Waals surface area contributed by atoms with E-state index in [-0.39, 0.29) is 0 Å². The van der Waals surface area contributed by atoms with Crippen molar-refractivity contribution in [2.75, 3.05) is 19.8 Å². The molecule has 2 nitrogen and oxygen atoms in total. The fourth-order valence-corrected chi connectivity index (χ4v) is 2.60. The number of rotatable bonds is 1. The lowest BCUT2D eigenvalue weighted by Gasteiger charge is -2.35. The second-order valence-corrected chi connectivity index (χ2v) is 4.36. The molecule has 2 atom stereocenters. The van der Waals surface area contributed by atoms with Crippen LogP contribution in [0.3, 0.4) is 0 Å². The Morgan fingerprint density at radius 3 is 2.92 bits per heavy atom. The second-order valence-electron chi connectivity index (χ2n) is 4.36. The minimum Gasteiger partial charge on any atom is -0.378 e. The molecule has 0 radical (unpaired) electrons. The largest absolute Gasteiger partial charge is 0.378 e. The molecule has 2 aliphatic heterocycles. The van der Waals surface area contributed by atoms with Gasteiger partial charge >= 0.3 is 0 Å². The van der Waals surface area contributed by atoms with E-state index in [1.165, 1.54) is 12.8 Å². The van der Waals surface area contributed by atoms with Crippen molar-refractivity contribution in [2.24, 2.45) is 5.92 Å². The molecule has 0 saturated carbocycles. The molecule has 0 amide bonds. The molecule has 12 heavy (non-hydrogen) atoms. The van der Waals surface area contributed by atoms with Gasteiger partial charge in [-0.3, -0.25) is 4.90 Å². The molecule has 0 spiro atoms. The van der Waals surface area contributed by atoms with E-state index < -0.39 is 0 Å². The van der Waals surface area contributed by atoms with Gasteiger partial charge in [-0.15, -0.1) is 0 Å². The summed E-state index contributed by atoms with van der Waals surface area (Å²) in [6.07, 6.45) is 2.73. The van der Waals surface area contributed by atoms with Crippen LogP contribution >= 0.6 is 0 Å². The lowest BCUT2D eigenvalue weighted by atomic mass is 10.0. The van der Waals surface area contributed by atoms with Crippen LogP contribution in [0, 0.1) is 5.92 Å². The third kappa shape index (κ3) is 1.38. The van der Waals surface area contributed by atoms with E-state index in [4.69, 9.17) is 4.74 Å². The van der Waals surface area contributed by atoms with Gasteiger partial charge in [-0.05, 0) is 18.8 Å². The summed E-state index contributed by atoms with van der Waals surface area (Å²) in [4.78, 5) is 2.66. The Bertz CT molecular complexity index is 158. The van der Waals surface area contributed by atoms with Gasteiger partial charge < -0.3 is 4.74 Å². The maximum absolute atomic E-state index is 5.47. The van der Waals surface area contributed by atoms with Crippen LogP contribution in [-0.2, 0) is 4.74 Å². The predicted octanol–water partition coefficient (Wildman–Crippen LogP) is 1.51. The lowest BCUT2D eigenvalue weighted by Crippen LogP contribution is -2.46. The Balaban J connectivity index is 2.01. The molecule has 0 aromatic carbocycles. The molecule has 2 unspecified atom stereocenters. The van der Waals surface area contributed by atoms with Gasteiger partial charge in [0, 0.05) is 18.6 Å². The molecule has 2 saturated heterocycles. The number of morpholine rings is 1. The van der Waals surface area contributed by atoms with Crippen LogP contribution in [0.25, 0.3) is 0 Å². The average Bonchev–Trinajstić information content (AvgIpc) is 2.47. The van der Waals surface area contributed by atoms with Gasteiger partial charge in [-0.25, -0.2) is 0 Å². The zero-order valence-corrected chi connectivity index (χ0v) is 8.12. The Morgan fingerprint density at radius 1 is 1.33 bits per heavy atom. The van der Waals surface area contributed by atoms with Gasteiger partial charge in [0.15, 0.2) is 0 Å². The van der Waals surface area contributed by atoms with E-state index in [2.05, 4.69) is 18.7 Å². The quantitative estimate of drug-likeness (QED) is 0.590. The van der Waals surface area contributed by atoms with Crippen LogP contribution < -0.4 is 0 Å². The van der Waals surface area contributed by atoms with Crippen molar-refractivity contribution in [3.8, 4) is 0 Å². The zero-order chi connectivity index (χ0) is 8.55. The molecular weight excluding hydrogens is 150 g/mol. The van der Waals surface area contributed by atoms with E-state index in [1.807, 2.05) is 0 Å². The molecule has 2 aliphatic rings. The second kappa shape index (κ2) is 3.35.